The number of aliphatic hydroxyl groups is 1. The Morgan fingerprint density at radius 2 is 1.90 bits per heavy atom. The number of nitrogens with one attached hydrogen (secondary N) is 2. The molecular weight excluding hydrogens is 248 g/mol. The van der Waals surface area contributed by atoms with Crippen molar-refractivity contribution >= 4 is 6.21 Å². The maximum atomic E-state index is 9.16. The van der Waals surface area contributed by atoms with Gasteiger partial charge < -0.3 is 15.8 Å². The zero-order valence-electron chi connectivity index (χ0n) is 13.0. The molecule has 0 aromatic heterocycles. The molecule has 3 heteroatoms. The summed E-state index contributed by atoms with van der Waals surface area (Å²) in [5, 5.41) is 19.8. The summed E-state index contributed by atoms with van der Waals surface area (Å²) in [6.45, 7) is 6.77. The zero-order valence-corrected chi connectivity index (χ0v) is 13.0. The molecule has 0 fully saturated rings. The van der Waals surface area contributed by atoms with Gasteiger partial charge in [0.15, 0.2) is 0 Å². The van der Waals surface area contributed by atoms with Crippen molar-refractivity contribution in [2.75, 3.05) is 6.54 Å². The van der Waals surface area contributed by atoms with E-state index in [-0.39, 0.29) is 12.1 Å². The van der Waals surface area contributed by atoms with E-state index < -0.39 is 0 Å². The Morgan fingerprint density at radius 1 is 1.15 bits per heavy atom. The van der Waals surface area contributed by atoms with Crippen LogP contribution < -0.4 is 5.32 Å². The van der Waals surface area contributed by atoms with E-state index in [1.165, 1.54) is 6.21 Å². The van der Waals surface area contributed by atoms with Gasteiger partial charge >= 0.3 is 0 Å². The lowest BCUT2D eigenvalue weighted by molar-refractivity contribution is 0.198. The van der Waals surface area contributed by atoms with Crippen LogP contribution in [0.1, 0.15) is 40.0 Å². The summed E-state index contributed by atoms with van der Waals surface area (Å²) in [6.07, 6.45) is 16.4. The summed E-state index contributed by atoms with van der Waals surface area (Å²) in [5.74, 6) is 0.521. The summed E-state index contributed by atoms with van der Waals surface area (Å²) < 4.78 is 0. The summed E-state index contributed by atoms with van der Waals surface area (Å²) in [7, 11) is 0. The number of rotatable bonds is 11. The topological polar surface area (TPSA) is 56.1 Å². The Hall–Kier alpha value is -1.19. The standard InChI is InChI=1S/C17H30N2O/c1-4-5-13-19-17(14-18)12-7-6-9-15(2)10-8-11-16(3)20/h4-5,7-8,10,12,14-20H,6,9,11,13H2,1-3H3/b5-4-,10-8-,12-7+,18-14?/t15-,16+,17?/m0/s1. The van der Waals surface area contributed by atoms with E-state index in [9.17, 15) is 0 Å². The molecule has 0 amide bonds. The van der Waals surface area contributed by atoms with Crippen molar-refractivity contribution in [3.63, 3.8) is 0 Å². The second-order valence-electron chi connectivity index (χ2n) is 5.17. The first kappa shape index (κ1) is 18.8. The van der Waals surface area contributed by atoms with Crippen LogP contribution in [0.25, 0.3) is 0 Å². The molecule has 3 nitrogen and oxygen atoms in total. The normalized spacial score (nSPS) is 17.0. The molecular formula is C17H30N2O. The van der Waals surface area contributed by atoms with Gasteiger partial charge in [-0.3, -0.25) is 0 Å². The first-order valence-corrected chi connectivity index (χ1v) is 7.46. The summed E-state index contributed by atoms with van der Waals surface area (Å²) in [4.78, 5) is 0. The molecule has 0 rings (SSSR count). The van der Waals surface area contributed by atoms with E-state index in [2.05, 4.69) is 30.5 Å². The van der Waals surface area contributed by atoms with E-state index in [1.54, 1.807) is 6.92 Å². The van der Waals surface area contributed by atoms with Crippen molar-refractivity contribution < 1.29 is 5.11 Å². The van der Waals surface area contributed by atoms with Crippen LogP contribution in [-0.2, 0) is 0 Å². The van der Waals surface area contributed by atoms with Crippen molar-refractivity contribution in [2.24, 2.45) is 5.92 Å². The SMILES string of the molecule is C/C=C\CNC(C=N)/C=C/CC[C@H](C)/C=C\C[C@@H](C)O. The third kappa shape index (κ3) is 11.9. The van der Waals surface area contributed by atoms with Crippen molar-refractivity contribution in [3.05, 3.63) is 36.5 Å². The maximum absolute atomic E-state index is 9.16. The molecule has 3 N–H and O–H groups in total. The lowest BCUT2D eigenvalue weighted by Crippen LogP contribution is -2.28. The molecule has 114 valence electrons. The van der Waals surface area contributed by atoms with Crippen LogP contribution in [0, 0.1) is 11.3 Å². The van der Waals surface area contributed by atoms with E-state index in [0.29, 0.717) is 5.92 Å². The van der Waals surface area contributed by atoms with E-state index in [4.69, 9.17) is 10.5 Å². The fraction of sp³-hybridized carbons (Fsp3) is 0.588. The van der Waals surface area contributed by atoms with Gasteiger partial charge in [0, 0.05) is 12.8 Å². The molecule has 1 unspecified atom stereocenters. The fourth-order valence-electron chi connectivity index (χ4n) is 1.71. The highest BCUT2D eigenvalue weighted by Crippen LogP contribution is 2.09. The van der Waals surface area contributed by atoms with Crippen LogP contribution in [0.4, 0.5) is 0 Å². The number of hydrogen-bond acceptors (Lipinski definition) is 3. The lowest BCUT2D eigenvalue weighted by atomic mass is 10.0. The number of aliphatic hydroxyl groups excluding tert-OH is 1. The highest BCUT2D eigenvalue weighted by atomic mass is 16.3. The molecule has 0 aliphatic heterocycles. The quantitative estimate of drug-likeness (QED) is 0.400. The Labute approximate surface area is 124 Å². The largest absolute Gasteiger partial charge is 0.393 e. The smallest absolute Gasteiger partial charge is 0.0605 e. The first-order valence-electron chi connectivity index (χ1n) is 7.46. The Bertz CT molecular complexity index is 319. The van der Waals surface area contributed by atoms with E-state index in [1.807, 2.05) is 25.2 Å². The average Bonchev–Trinajstić information content (AvgIpc) is 2.41. The monoisotopic (exact) mass is 278 g/mol. The van der Waals surface area contributed by atoms with Gasteiger partial charge in [0.2, 0.25) is 0 Å². The van der Waals surface area contributed by atoms with Crippen LogP contribution in [0.3, 0.4) is 0 Å². The molecule has 20 heavy (non-hydrogen) atoms. The molecule has 0 bridgehead atoms. The molecule has 0 saturated carbocycles. The van der Waals surface area contributed by atoms with Crippen LogP contribution >= 0.6 is 0 Å². The van der Waals surface area contributed by atoms with Gasteiger partial charge in [-0.15, -0.1) is 0 Å². The summed E-state index contributed by atoms with van der Waals surface area (Å²) >= 11 is 0. The predicted molar refractivity (Wildman–Crippen MR) is 88.4 cm³/mol. The average molecular weight is 278 g/mol. The maximum Gasteiger partial charge on any atom is 0.0605 e. The van der Waals surface area contributed by atoms with Crippen LogP contribution in [0.5, 0.6) is 0 Å². The number of hydrogen-bond donors (Lipinski definition) is 3. The Kier molecular flexibility index (Phi) is 12.1. The van der Waals surface area contributed by atoms with Gasteiger partial charge in [0.25, 0.3) is 0 Å². The Morgan fingerprint density at radius 3 is 2.50 bits per heavy atom. The highest BCUT2D eigenvalue weighted by Gasteiger charge is 1.98. The zero-order chi connectivity index (χ0) is 15.2. The summed E-state index contributed by atoms with van der Waals surface area (Å²) in [5.41, 5.74) is 0. The van der Waals surface area contributed by atoms with Crippen molar-refractivity contribution in [1.82, 2.24) is 5.32 Å². The molecule has 0 aromatic carbocycles. The van der Waals surface area contributed by atoms with Gasteiger partial charge in [-0.05, 0) is 39.0 Å². The van der Waals surface area contributed by atoms with Gasteiger partial charge in [0.05, 0.1) is 12.1 Å². The molecule has 0 aliphatic rings. The van der Waals surface area contributed by atoms with Crippen LogP contribution in [0.2, 0.25) is 0 Å². The van der Waals surface area contributed by atoms with Gasteiger partial charge in [-0.2, -0.15) is 0 Å². The second kappa shape index (κ2) is 12.8. The minimum atomic E-state index is -0.255. The van der Waals surface area contributed by atoms with E-state index in [0.717, 1.165) is 25.8 Å². The van der Waals surface area contributed by atoms with Gasteiger partial charge in [-0.1, -0.05) is 43.4 Å². The lowest BCUT2D eigenvalue weighted by Gasteiger charge is -2.07. The molecule has 3 atom stereocenters. The number of allylic oxidation sites excluding steroid dienone is 3. The third-order valence-electron chi connectivity index (χ3n) is 2.96. The van der Waals surface area contributed by atoms with Crippen molar-refractivity contribution in [3.8, 4) is 0 Å². The van der Waals surface area contributed by atoms with E-state index >= 15 is 0 Å². The van der Waals surface area contributed by atoms with Crippen LogP contribution in [-0.4, -0.2) is 30.0 Å². The van der Waals surface area contributed by atoms with Crippen LogP contribution in [0.15, 0.2) is 36.5 Å². The van der Waals surface area contributed by atoms with Crippen molar-refractivity contribution in [2.45, 2.75) is 52.2 Å². The minimum Gasteiger partial charge on any atom is -0.393 e. The molecule has 0 saturated heterocycles. The molecule has 0 aliphatic carbocycles. The first-order chi connectivity index (χ1) is 9.60. The second-order valence-corrected chi connectivity index (χ2v) is 5.17. The molecule has 0 spiro atoms. The minimum absolute atomic E-state index is 0.0206. The molecule has 0 aromatic rings. The third-order valence-corrected chi connectivity index (χ3v) is 2.96. The fourth-order valence-corrected chi connectivity index (χ4v) is 1.71. The Balaban J connectivity index is 3.86. The molecule has 0 radical (unpaired) electrons. The van der Waals surface area contributed by atoms with Gasteiger partial charge in [-0.25, -0.2) is 0 Å². The molecule has 0 heterocycles. The predicted octanol–water partition coefficient (Wildman–Crippen LogP) is 3.47. The van der Waals surface area contributed by atoms with Gasteiger partial charge in [0.1, 0.15) is 0 Å². The summed E-state index contributed by atoms with van der Waals surface area (Å²) in [6, 6.07) is 0.0206. The highest BCUT2D eigenvalue weighted by molar-refractivity contribution is 5.63. The van der Waals surface area contributed by atoms with Crippen molar-refractivity contribution in [1.29, 1.82) is 5.41 Å².